The zero-order chi connectivity index (χ0) is 13.2. The van der Waals surface area contributed by atoms with Crippen LogP contribution in [0.5, 0.6) is 0 Å². The second kappa shape index (κ2) is 5.06. The SMILES string of the molecule is COC(=O)c1ccc(C2NC(C)(CO)CO2)cc1. The normalized spacial score (nSPS) is 27.2. The van der Waals surface area contributed by atoms with Crippen molar-refractivity contribution in [2.75, 3.05) is 20.3 Å². The van der Waals surface area contributed by atoms with Gasteiger partial charge >= 0.3 is 5.97 Å². The number of esters is 1. The first-order chi connectivity index (χ1) is 8.58. The molecule has 0 aromatic heterocycles. The zero-order valence-electron chi connectivity index (χ0n) is 10.5. The average Bonchev–Trinajstić information content (AvgIpc) is 2.81. The van der Waals surface area contributed by atoms with Gasteiger partial charge in [-0.15, -0.1) is 0 Å². The van der Waals surface area contributed by atoms with Gasteiger partial charge in [-0.05, 0) is 24.6 Å². The lowest BCUT2D eigenvalue weighted by Crippen LogP contribution is -2.43. The topological polar surface area (TPSA) is 67.8 Å². The summed E-state index contributed by atoms with van der Waals surface area (Å²) in [5.74, 6) is -0.359. The van der Waals surface area contributed by atoms with Crippen LogP contribution in [-0.4, -0.2) is 36.9 Å². The van der Waals surface area contributed by atoms with E-state index in [9.17, 15) is 9.90 Å². The van der Waals surface area contributed by atoms with Crippen LogP contribution in [0.25, 0.3) is 0 Å². The fourth-order valence-corrected chi connectivity index (χ4v) is 1.85. The Kier molecular flexibility index (Phi) is 3.65. The minimum Gasteiger partial charge on any atom is -0.465 e. The molecule has 0 amide bonds. The fraction of sp³-hybridized carbons (Fsp3) is 0.462. The molecule has 1 aliphatic heterocycles. The van der Waals surface area contributed by atoms with Crippen LogP contribution in [0.3, 0.4) is 0 Å². The van der Waals surface area contributed by atoms with E-state index in [1.807, 2.05) is 19.1 Å². The van der Waals surface area contributed by atoms with Crippen LogP contribution < -0.4 is 5.32 Å². The Morgan fingerprint density at radius 2 is 2.22 bits per heavy atom. The van der Waals surface area contributed by atoms with Gasteiger partial charge in [-0.3, -0.25) is 5.32 Å². The molecule has 2 atom stereocenters. The van der Waals surface area contributed by atoms with Crippen LogP contribution in [0.4, 0.5) is 0 Å². The minimum atomic E-state index is -0.411. The van der Waals surface area contributed by atoms with E-state index in [0.29, 0.717) is 12.2 Å². The highest BCUT2D eigenvalue weighted by Crippen LogP contribution is 2.26. The molecule has 18 heavy (non-hydrogen) atoms. The number of hydrogen-bond donors (Lipinski definition) is 2. The molecule has 0 aliphatic carbocycles. The Labute approximate surface area is 106 Å². The maximum absolute atomic E-state index is 11.3. The van der Waals surface area contributed by atoms with Gasteiger partial charge in [-0.25, -0.2) is 4.79 Å². The number of aliphatic hydroxyl groups is 1. The van der Waals surface area contributed by atoms with Gasteiger partial charge in [-0.1, -0.05) is 12.1 Å². The molecule has 1 heterocycles. The monoisotopic (exact) mass is 251 g/mol. The van der Waals surface area contributed by atoms with Crippen molar-refractivity contribution in [3.05, 3.63) is 35.4 Å². The van der Waals surface area contributed by atoms with E-state index in [-0.39, 0.29) is 18.8 Å². The van der Waals surface area contributed by atoms with E-state index in [0.717, 1.165) is 5.56 Å². The molecule has 0 bridgehead atoms. The van der Waals surface area contributed by atoms with Crippen LogP contribution in [0, 0.1) is 0 Å². The third-order valence-corrected chi connectivity index (χ3v) is 3.03. The number of carbonyl (C=O) groups excluding carboxylic acids is 1. The molecular weight excluding hydrogens is 234 g/mol. The highest BCUT2D eigenvalue weighted by Gasteiger charge is 2.35. The second-order valence-corrected chi connectivity index (χ2v) is 4.67. The number of hydrogen-bond acceptors (Lipinski definition) is 5. The summed E-state index contributed by atoms with van der Waals surface area (Å²) < 4.78 is 10.2. The van der Waals surface area contributed by atoms with Crippen molar-refractivity contribution in [2.24, 2.45) is 0 Å². The molecule has 1 aliphatic rings. The smallest absolute Gasteiger partial charge is 0.337 e. The Bertz CT molecular complexity index is 431. The number of rotatable bonds is 3. The number of methoxy groups -OCH3 is 1. The largest absolute Gasteiger partial charge is 0.465 e. The number of benzene rings is 1. The number of nitrogens with one attached hydrogen (secondary N) is 1. The molecule has 5 heteroatoms. The highest BCUT2D eigenvalue weighted by molar-refractivity contribution is 5.89. The molecule has 2 unspecified atom stereocenters. The van der Waals surface area contributed by atoms with Gasteiger partial charge in [0, 0.05) is 0 Å². The van der Waals surface area contributed by atoms with E-state index in [1.165, 1.54) is 7.11 Å². The van der Waals surface area contributed by atoms with Crippen molar-refractivity contribution < 1.29 is 19.4 Å². The highest BCUT2D eigenvalue weighted by atomic mass is 16.5. The molecule has 2 rings (SSSR count). The lowest BCUT2D eigenvalue weighted by Gasteiger charge is -2.20. The van der Waals surface area contributed by atoms with Gasteiger partial charge in [0.15, 0.2) is 0 Å². The predicted molar refractivity (Wildman–Crippen MR) is 65.1 cm³/mol. The standard InChI is InChI=1S/C13H17NO4/c1-13(7-15)8-18-11(14-13)9-3-5-10(6-4-9)12(16)17-2/h3-6,11,14-15H,7-8H2,1-2H3. The van der Waals surface area contributed by atoms with Crippen LogP contribution >= 0.6 is 0 Å². The van der Waals surface area contributed by atoms with Crippen LogP contribution in [-0.2, 0) is 9.47 Å². The Hall–Kier alpha value is -1.43. The van der Waals surface area contributed by atoms with Gasteiger partial charge in [0.1, 0.15) is 6.23 Å². The molecule has 1 aromatic carbocycles. The molecule has 1 fully saturated rings. The lowest BCUT2D eigenvalue weighted by molar-refractivity contribution is 0.0600. The Balaban J connectivity index is 2.09. The number of ether oxygens (including phenoxy) is 2. The van der Waals surface area contributed by atoms with Crippen molar-refractivity contribution in [3.63, 3.8) is 0 Å². The lowest BCUT2D eigenvalue weighted by atomic mass is 10.1. The van der Waals surface area contributed by atoms with E-state index >= 15 is 0 Å². The first kappa shape index (κ1) is 13.0. The van der Waals surface area contributed by atoms with Gasteiger partial charge in [-0.2, -0.15) is 0 Å². The summed E-state index contributed by atoms with van der Waals surface area (Å²) in [6.07, 6.45) is -0.256. The molecule has 0 saturated carbocycles. The van der Waals surface area contributed by atoms with Crippen molar-refractivity contribution in [1.29, 1.82) is 0 Å². The van der Waals surface area contributed by atoms with E-state index in [4.69, 9.17) is 4.74 Å². The van der Waals surface area contributed by atoms with Crippen molar-refractivity contribution >= 4 is 5.97 Å². The Morgan fingerprint density at radius 1 is 1.56 bits per heavy atom. The third-order valence-electron chi connectivity index (χ3n) is 3.03. The summed E-state index contributed by atoms with van der Waals surface area (Å²) in [5, 5.41) is 12.4. The van der Waals surface area contributed by atoms with Crippen molar-refractivity contribution in [2.45, 2.75) is 18.7 Å². The number of aliphatic hydroxyl groups excluding tert-OH is 1. The average molecular weight is 251 g/mol. The van der Waals surface area contributed by atoms with Crippen LogP contribution in [0.2, 0.25) is 0 Å². The van der Waals surface area contributed by atoms with Gasteiger partial charge in [0.2, 0.25) is 0 Å². The molecule has 0 spiro atoms. The van der Waals surface area contributed by atoms with Crippen molar-refractivity contribution in [1.82, 2.24) is 5.32 Å². The first-order valence-electron chi connectivity index (χ1n) is 5.76. The maximum atomic E-state index is 11.3. The molecule has 5 nitrogen and oxygen atoms in total. The molecule has 2 N–H and O–H groups in total. The van der Waals surface area contributed by atoms with Gasteiger partial charge in [0.05, 0.1) is 31.4 Å². The van der Waals surface area contributed by atoms with E-state index < -0.39 is 5.54 Å². The molecule has 1 aromatic rings. The van der Waals surface area contributed by atoms with Gasteiger partial charge in [0.25, 0.3) is 0 Å². The summed E-state index contributed by atoms with van der Waals surface area (Å²) in [7, 11) is 1.35. The fourth-order valence-electron chi connectivity index (χ4n) is 1.85. The molecule has 1 saturated heterocycles. The predicted octanol–water partition coefficient (Wildman–Crippen LogP) is 0.843. The molecular formula is C13H17NO4. The van der Waals surface area contributed by atoms with E-state index in [1.54, 1.807) is 12.1 Å². The number of carbonyl (C=O) groups is 1. The van der Waals surface area contributed by atoms with E-state index in [2.05, 4.69) is 10.1 Å². The summed E-state index contributed by atoms with van der Waals surface area (Å²) >= 11 is 0. The third kappa shape index (κ3) is 2.53. The minimum absolute atomic E-state index is 0.0176. The van der Waals surface area contributed by atoms with Gasteiger partial charge < -0.3 is 14.6 Å². The summed E-state index contributed by atoms with van der Waals surface area (Å²) in [4.78, 5) is 11.3. The maximum Gasteiger partial charge on any atom is 0.337 e. The molecule has 98 valence electrons. The van der Waals surface area contributed by atoms with Crippen LogP contribution in [0.15, 0.2) is 24.3 Å². The Morgan fingerprint density at radius 3 is 2.72 bits per heavy atom. The summed E-state index contributed by atoms with van der Waals surface area (Å²) in [5.41, 5.74) is 1.01. The summed E-state index contributed by atoms with van der Waals surface area (Å²) in [6.45, 7) is 2.37. The van der Waals surface area contributed by atoms with Crippen molar-refractivity contribution in [3.8, 4) is 0 Å². The molecule has 0 radical (unpaired) electrons. The zero-order valence-corrected chi connectivity index (χ0v) is 10.5. The second-order valence-electron chi connectivity index (χ2n) is 4.67. The first-order valence-corrected chi connectivity index (χ1v) is 5.76. The van der Waals surface area contributed by atoms with Crippen LogP contribution in [0.1, 0.15) is 29.1 Å². The quantitative estimate of drug-likeness (QED) is 0.779. The summed E-state index contributed by atoms with van der Waals surface area (Å²) in [6, 6.07) is 7.02.